The zero-order valence-electron chi connectivity index (χ0n) is 17.6. The third kappa shape index (κ3) is 5.18. The molecule has 0 bridgehead atoms. The van der Waals surface area contributed by atoms with E-state index in [-0.39, 0.29) is 18.1 Å². The summed E-state index contributed by atoms with van der Waals surface area (Å²) in [5.41, 5.74) is 4.08. The van der Waals surface area contributed by atoms with E-state index in [1.54, 1.807) is 6.92 Å². The Morgan fingerprint density at radius 3 is 2.42 bits per heavy atom. The van der Waals surface area contributed by atoms with E-state index in [0.29, 0.717) is 23.9 Å². The number of hydrogen-bond acceptors (Lipinski definition) is 4. The van der Waals surface area contributed by atoms with E-state index in [1.807, 2.05) is 36.4 Å². The molecule has 5 nitrogen and oxygen atoms in total. The van der Waals surface area contributed by atoms with Crippen molar-refractivity contribution in [1.29, 1.82) is 0 Å². The second-order valence-electron chi connectivity index (χ2n) is 7.90. The smallest absolute Gasteiger partial charge is 0.358 e. The van der Waals surface area contributed by atoms with Gasteiger partial charge < -0.3 is 9.84 Å². The van der Waals surface area contributed by atoms with E-state index < -0.39 is 5.97 Å². The van der Waals surface area contributed by atoms with Gasteiger partial charge in [-0.2, -0.15) is 0 Å². The molecule has 0 amide bonds. The molecule has 3 aromatic rings. The van der Waals surface area contributed by atoms with Crippen LogP contribution in [0.5, 0.6) is 5.75 Å². The molecule has 0 spiro atoms. The standard InChI is InChI=1S/C26H26N2O3/c1-18-25(31-17-20-8-4-2-5-9-20)24(26(29)30)28-23(27-18)16-19-12-14-22(15-13-19)21-10-6-3-7-11-21/h2-12,22H,13-17H2,1H3,(H,29,30). The number of aromatic carboxylic acids is 1. The first-order chi connectivity index (χ1) is 15.1. The molecular weight excluding hydrogens is 388 g/mol. The monoisotopic (exact) mass is 414 g/mol. The van der Waals surface area contributed by atoms with E-state index >= 15 is 0 Å². The molecule has 0 fully saturated rings. The van der Waals surface area contributed by atoms with E-state index in [9.17, 15) is 9.90 Å². The lowest BCUT2D eigenvalue weighted by Crippen LogP contribution is -2.13. The Morgan fingerprint density at radius 1 is 1.06 bits per heavy atom. The van der Waals surface area contributed by atoms with Crippen molar-refractivity contribution in [2.45, 2.75) is 45.1 Å². The van der Waals surface area contributed by atoms with Gasteiger partial charge in [-0.3, -0.25) is 0 Å². The van der Waals surface area contributed by atoms with Crippen molar-refractivity contribution in [3.8, 4) is 5.75 Å². The predicted molar refractivity (Wildman–Crippen MR) is 119 cm³/mol. The van der Waals surface area contributed by atoms with Gasteiger partial charge in [0, 0.05) is 6.42 Å². The molecule has 1 aliphatic rings. The molecule has 0 saturated carbocycles. The average Bonchev–Trinajstić information content (AvgIpc) is 2.80. The molecule has 1 aromatic heterocycles. The minimum atomic E-state index is -1.10. The summed E-state index contributed by atoms with van der Waals surface area (Å²) in [6, 6.07) is 20.2. The number of carboxylic acid groups (broad SMARTS) is 1. The third-order valence-corrected chi connectivity index (χ3v) is 5.67. The molecular formula is C26H26N2O3. The maximum absolute atomic E-state index is 11.8. The van der Waals surface area contributed by atoms with Crippen LogP contribution < -0.4 is 4.74 Å². The van der Waals surface area contributed by atoms with E-state index in [1.165, 1.54) is 11.1 Å². The molecule has 0 aliphatic heterocycles. The van der Waals surface area contributed by atoms with Crippen LogP contribution in [0.15, 0.2) is 72.3 Å². The molecule has 1 atom stereocenters. The molecule has 1 unspecified atom stereocenters. The summed E-state index contributed by atoms with van der Waals surface area (Å²) in [5.74, 6) is 0.209. The molecule has 5 heteroatoms. The van der Waals surface area contributed by atoms with E-state index in [4.69, 9.17) is 4.74 Å². The lowest BCUT2D eigenvalue weighted by molar-refractivity contribution is 0.0683. The highest BCUT2D eigenvalue weighted by Gasteiger charge is 2.21. The fraction of sp³-hybridized carbons (Fsp3) is 0.269. The molecule has 0 saturated heterocycles. The van der Waals surface area contributed by atoms with E-state index in [0.717, 1.165) is 24.8 Å². The normalized spacial score (nSPS) is 15.9. The van der Waals surface area contributed by atoms with Gasteiger partial charge in [0.15, 0.2) is 11.4 Å². The number of benzene rings is 2. The van der Waals surface area contributed by atoms with Gasteiger partial charge in [0.2, 0.25) is 0 Å². The van der Waals surface area contributed by atoms with Gasteiger partial charge >= 0.3 is 5.97 Å². The van der Waals surface area contributed by atoms with Crippen molar-refractivity contribution in [3.05, 3.63) is 101 Å². The Balaban J connectivity index is 1.48. The first-order valence-corrected chi connectivity index (χ1v) is 10.6. The average molecular weight is 415 g/mol. The lowest BCUT2D eigenvalue weighted by atomic mass is 9.84. The van der Waals surface area contributed by atoms with Crippen LogP contribution in [0.1, 0.15) is 58.3 Å². The summed E-state index contributed by atoms with van der Waals surface area (Å²) in [5, 5.41) is 9.69. The van der Waals surface area contributed by atoms with Crippen molar-refractivity contribution in [1.82, 2.24) is 9.97 Å². The topological polar surface area (TPSA) is 72.3 Å². The number of hydrogen-bond donors (Lipinski definition) is 1. The van der Waals surface area contributed by atoms with Crippen LogP contribution in [0.4, 0.5) is 0 Å². The lowest BCUT2D eigenvalue weighted by Gasteiger charge is -2.22. The Kier molecular flexibility index (Phi) is 6.41. The van der Waals surface area contributed by atoms with Gasteiger partial charge in [0.25, 0.3) is 0 Å². The van der Waals surface area contributed by atoms with Gasteiger partial charge in [-0.15, -0.1) is 0 Å². The number of carboxylic acids is 1. The summed E-state index contributed by atoms with van der Waals surface area (Å²) < 4.78 is 5.80. The molecule has 1 heterocycles. The molecule has 31 heavy (non-hydrogen) atoms. The largest absolute Gasteiger partial charge is 0.484 e. The number of aryl methyl sites for hydroxylation is 1. The third-order valence-electron chi connectivity index (χ3n) is 5.67. The van der Waals surface area contributed by atoms with Crippen LogP contribution in [0, 0.1) is 6.92 Å². The van der Waals surface area contributed by atoms with Crippen LogP contribution in [-0.2, 0) is 13.0 Å². The van der Waals surface area contributed by atoms with Gasteiger partial charge in [0.1, 0.15) is 12.4 Å². The summed E-state index contributed by atoms with van der Waals surface area (Å²) in [4.78, 5) is 20.7. The summed E-state index contributed by atoms with van der Waals surface area (Å²) in [6.45, 7) is 2.05. The fourth-order valence-corrected chi connectivity index (χ4v) is 4.03. The highest BCUT2D eigenvalue weighted by atomic mass is 16.5. The highest BCUT2D eigenvalue weighted by molar-refractivity contribution is 5.88. The van der Waals surface area contributed by atoms with Gasteiger partial charge in [0.05, 0.1) is 5.69 Å². The van der Waals surface area contributed by atoms with Crippen molar-refractivity contribution in [2.24, 2.45) is 0 Å². The number of ether oxygens (including phenoxy) is 1. The molecule has 1 N–H and O–H groups in total. The molecule has 4 rings (SSSR count). The number of aromatic nitrogens is 2. The summed E-state index contributed by atoms with van der Waals surface area (Å²) >= 11 is 0. The SMILES string of the molecule is Cc1nc(CC2=CCC(c3ccccc3)CC2)nc(C(=O)O)c1OCc1ccccc1. The van der Waals surface area contributed by atoms with Crippen molar-refractivity contribution in [2.75, 3.05) is 0 Å². The number of rotatable bonds is 7. The first kappa shape index (κ1) is 20.8. The Morgan fingerprint density at radius 2 is 1.77 bits per heavy atom. The second kappa shape index (κ2) is 9.56. The Bertz CT molecular complexity index is 1080. The van der Waals surface area contributed by atoms with Crippen LogP contribution in [0.2, 0.25) is 0 Å². The number of nitrogens with zero attached hydrogens (tertiary/aromatic N) is 2. The molecule has 2 aromatic carbocycles. The zero-order chi connectivity index (χ0) is 21.6. The number of carbonyl (C=O) groups is 1. The second-order valence-corrected chi connectivity index (χ2v) is 7.90. The number of allylic oxidation sites excluding steroid dienone is 2. The Labute approximate surface area is 182 Å². The molecule has 1 aliphatic carbocycles. The van der Waals surface area contributed by atoms with E-state index in [2.05, 4.69) is 40.3 Å². The van der Waals surface area contributed by atoms with Gasteiger partial charge in [-0.25, -0.2) is 14.8 Å². The molecule has 158 valence electrons. The Hall–Kier alpha value is -3.47. The first-order valence-electron chi connectivity index (χ1n) is 10.6. The summed E-state index contributed by atoms with van der Waals surface area (Å²) in [6.07, 6.45) is 5.87. The highest BCUT2D eigenvalue weighted by Crippen LogP contribution is 2.33. The van der Waals surface area contributed by atoms with Crippen LogP contribution >= 0.6 is 0 Å². The summed E-state index contributed by atoms with van der Waals surface area (Å²) in [7, 11) is 0. The van der Waals surface area contributed by atoms with Crippen LogP contribution in [0.3, 0.4) is 0 Å². The minimum absolute atomic E-state index is 0.0722. The van der Waals surface area contributed by atoms with Crippen LogP contribution in [0.25, 0.3) is 0 Å². The zero-order valence-corrected chi connectivity index (χ0v) is 17.6. The maximum atomic E-state index is 11.8. The van der Waals surface area contributed by atoms with Crippen molar-refractivity contribution < 1.29 is 14.6 Å². The predicted octanol–water partition coefficient (Wildman–Crippen LogP) is 5.50. The van der Waals surface area contributed by atoms with Gasteiger partial charge in [-0.1, -0.05) is 72.3 Å². The van der Waals surface area contributed by atoms with Crippen LogP contribution in [-0.4, -0.2) is 21.0 Å². The van der Waals surface area contributed by atoms with Gasteiger partial charge in [-0.05, 0) is 43.2 Å². The molecule has 0 radical (unpaired) electrons. The quantitative estimate of drug-likeness (QED) is 0.517. The van der Waals surface area contributed by atoms with Crippen molar-refractivity contribution >= 4 is 5.97 Å². The minimum Gasteiger partial charge on any atom is -0.484 e. The van der Waals surface area contributed by atoms with Crippen molar-refractivity contribution in [3.63, 3.8) is 0 Å². The maximum Gasteiger partial charge on any atom is 0.358 e. The fourth-order valence-electron chi connectivity index (χ4n) is 4.03.